The molecule has 1 aromatic rings. The Labute approximate surface area is 95.6 Å². The predicted molar refractivity (Wildman–Crippen MR) is 61.3 cm³/mol. The Morgan fingerprint density at radius 2 is 2.25 bits per heavy atom. The Morgan fingerprint density at radius 3 is 3.00 bits per heavy atom. The second kappa shape index (κ2) is 4.07. The molecule has 1 aliphatic carbocycles. The van der Waals surface area contributed by atoms with Crippen LogP contribution in [0.25, 0.3) is 0 Å². The van der Waals surface area contributed by atoms with E-state index in [1.807, 2.05) is 12.1 Å². The lowest BCUT2D eigenvalue weighted by Crippen LogP contribution is -2.27. The molecule has 0 radical (unpaired) electrons. The first-order valence-electron chi connectivity index (χ1n) is 5.96. The first-order chi connectivity index (χ1) is 7.86. The number of benzene rings is 1. The lowest BCUT2D eigenvalue weighted by atomic mass is 10.1. The minimum absolute atomic E-state index is 0.108. The van der Waals surface area contributed by atoms with Gasteiger partial charge in [0.15, 0.2) is 0 Å². The van der Waals surface area contributed by atoms with Gasteiger partial charge in [0.05, 0.1) is 6.61 Å². The van der Waals surface area contributed by atoms with Crippen molar-refractivity contribution in [2.75, 3.05) is 13.2 Å². The third kappa shape index (κ3) is 1.93. The molecule has 1 aromatic carbocycles. The molecule has 2 aliphatic rings. The minimum Gasteiger partial charge on any atom is -0.492 e. The summed E-state index contributed by atoms with van der Waals surface area (Å²) in [5, 5.41) is 9.14. The standard InChI is InChI=1S/C13H17NO2/c15-9-10-1-4-13-11(7-10)8-14(5-6-16-13)12-2-3-12/h1,4,7,12,15H,2-3,5-6,8-9H2. The van der Waals surface area contributed by atoms with Crippen LogP contribution >= 0.6 is 0 Å². The third-order valence-corrected chi connectivity index (χ3v) is 3.38. The maximum absolute atomic E-state index is 9.14. The maximum atomic E-state index is 9.14. The normalized spacial score (nSPS) is 21.1. The highest BCUT2D eigenvalue weighted by Crippen LogP contribution is 2.32. The number of ether oxygens (including phenoxy) is 1. The number of aliphatic hydroxyl groups is 1. The van der Waals surface area contributed by atoms with Gasteiger partial charge < -0.3 is 9.84 Å². The monoisotopic (exact) mass is 219 g/mol. The van der Waals surface area contributed by atoms with Crippen LogP contribution in [0.4, 0.5) is 0 Å². The first-order valence-corrected chi connectivity index (χ1v) is 5.96. The van der Waals surface area contributed by atoms with Crippen molar-refractivity contribution in [2.24, 2.45) is 0 Å². The van der Waals surface area contributed by atoms with Crippen molar-refractivity contribution in [3.8, 4) is 5.75 Å². The van der Waals surface area contributed by atoms with Crippen LogP contribution in [0.1, 0.15) is 24.0 Å². The molecule has 0 unspecified atom stereocenters. The van der Waals surface area contributed by atoms with Gasteiger partial charge >= 0.3 is 0 Å². The fraction of sp³-hybridized carbons (Fsp3) is 0.538. The van der Waals surface area contributed by atoms with Crippen LogP contribution in [0.3, 0.4) is 0 Å². The van der Waals surface area contributed by atoms with Crippen molar-refractivity contribution in [3.63, 3.8) is 0 Å². The Bertz CT molecular complexity index is 388. The highest BCUT2D eigenvalue weighted by atomic mass is 16.5. The molecule has 16 heavy (non-hydrogen) atoms. The molecule has 3 heteroatoms. The smallest absolute Gasteiger partial charge is 0.123 e. The summed E-state index contributed by atoms with van der Waals surface area (Å²) in [5.74, 6) is 0.986. The van der Waals surface area contributed by atoms with Gasteiger partial charge in [-0.2, -0.15) is 0 Å². The molecule has 86 valence electrons. The second-order valence-electron chi connectivity index (χ2n) is 4.65. The zero-order valence-corrected chi connectivity index (χ0v) is 9.35. The summed E-state index contributed by atoms with van der Waals surface area (Å²) in [5.41, 5.74) is 2.19. The SMILES string of the molecule is OCc1ccc2c(c1)CN(C1CC1)CCO2. The summed E-state index contributed by atoms with van der Waals surface area (Å²) in [7, 11) is 0. The lowest BCUT2D eigenvalue weighted by molar-refractivity contribution is 0.218. The van der Waals surface area contributed by atoms with Gasteiger partial charge in [0.25, 0.3) is 0 Å². The van der Waals surface area contributed by atoms with E-state index < -0.39 is 0 Å². The highest BCUT2D eigenvalue weighted by Gasteiger charge is 2.30. The Hall–Kier alpha value is -1.06. The average molecular weight is 219 g/mol. The van der Waals surface area contributed by atoms with E-state index in [4.69, 9.17) is 9.84 Å². The van der Waals surface area contributed by atoms with E-state index in [1.54, 1.807) is 0 Å². The van der Waals surface area contributed by atoms with Gasteiger partial charge in [-0.1, -0.05) is 6.07 Å². The summed E-state index contributed by atoms with van der Waals surface area (Å²) in [6.45, 7) is 2.88. The summed E-state index contributed by atoms with van der Waals surface area (Å²) in [4.78, 5) is 2.49. The molecule has 0 aromatic heterocycles. The van der Waals surface area contributed by atoms with Gasteiger partial charge in [-0.3, -0.25) is 4.90 Å². The van der Waals surface area contributed by atoms with Gasteiger partial charge in [-0.05, 0) is 30.5 Å². The van der Waals surface area contributed by atoms with E-state index in [0.717, 1.165) is 37.1 Å². The minimum atomic E-state index is 0.108. The van der Waals surface area contributed by atoms with Crippen molar-refractivity contribution in [2.45, 2.75) is 32.0 Å². The van der Waals surface area contributed by atoms with Crippen LogP contribution in [0, 0.1) is 0 Å². The van der Waals surface area contributed by atoms with Crippen LogP contribution in [0.15, 0.2) is 18.2 Å². The number of rotatable bonds is 2. The largest absolute Gasteiger partial charge is 0.492 e. The van der Waals surface area contributed by atoms with Gasteiger partial charge in [0, 0.05) is 24.7 Å². The summed E-state index contributed by atoms with van der Waals surface area (Å²) >= 11 is 0. The molecule has 3 nitrogen and oxygen atoms in total. The molecule has 0 amide bonds. The van der Waals surface area contributed by atoms with Crippen molar-refractivity contribution in [1.29, 1.82) is 0 Å². The average Bonchev–Trinajstić information content (AvgIpc) is 3.13. The highest BCUT2D eigenvalue weighted by molar-refractivity contribution is 5.37. The molecule has 3 rings (SSSR count). The quantitative estimate of drug-likeness (QED) is 0.819. The van der Waals surface area contributed by atoms with Gasteiger partial charge in [-0.15, -0.1) is 0 Å². The van der Waals surface area contributed by atoms with Crippen molar-refractivity contribution >= 4 is 0 Å². The Balaban J connectivity index is 1.87. The van der Waals surface area contributed by atoms with Crippen molar-refractivity contribution in [1.82, 2.24) is 4.90 Å². The number of fused-ring (bicyclic) bond motifs is 1. The molecule has 0 bridgehead atoms. The summed E-state index contributed by atoms with van der Waals surface area (Å²) in [6, 6.07) is 6.76. The first kappa shape index (κ1) is 10.1. The van der Waals surface area contributed by atoms with E-state index in [9.17, 15) is 0 Å². The zero-order valence-electron chi connectivity index (χ0n) is 9.35. The van der Waals surface area contributed by atoms with Crippen LogP contribution in [-0.4, -0.2) is 29.2 Å². The Morgan fingerprint density at radius 1 is 1.38 bits per heavy atom. The fourth-order valence-corrected chi connectivity index (χ4v) is 2.32. The third-order valence-electron chi connectivity index (χ3n) is 3.38. The molecule has 1 aliphatic heterocycles. The molecular formula is C13H17NO2. The maximum Gasteiger partial charge on any atom is 0.123 e. The number of aliphatic hydroxyl groups excluding tert-OH is 1. The Kier molecular flexibility index (Phi) is 2.58. The van der Waals surface area contributed by atoms with Crippen molar-refractivity contribution < 1.29 is 9.84 Å². The molecule has 1 fully saturated rings. The molecule has 0 saturated heterocycles. The molecular weight excluding hydrogens is 202 g/mol. The van der Waals surface area contributed by atoms with E-state index in [-0.39, 0.29) is 6.61 Å². The molecule has 0 atom stereocenters. The summed E-state index contributed by atoms with van der Waals surface area (Å²) < 4.78 is 5.73. The fourth-order valence-electron chi connectivity index (χ4n) is 2.32. The summed E-state index contributed by atoms with van der Waals surface area (Å²) in [6.07, 6.45) is 2.66. The van der Waals surface area contributed by atoms with Crippen LogP contribution in [-0.2, 0) is 13.2 Å². The lowest BCUT2D eigenvalue weighted by Gasteiger charge is -2.18. The van der Waals surface area contributed by atoms with Crippen molar-refractivity contribution in [3.05, 3.63) is 29.3 Å². The van der Waals surface area contributed by atoms with Gasteiger partial charge in [0.1, 0.15) is 12.4 Å². The van der Waals surface area contributed by atoms with Gasteiger partial charge in [0.2, 0.25) is 0 Å². The number of hydrogen-bond donors (Lipinski definition) is 1. The van der Waals surface area contributed by atoms with E-state index in [0.29, 0.717) is 0 Å². The van der Waals surface area contributed by atoms with E-state index in [2.05, 4.69) is 11.0 Å². The number of hydrogen-bond acceptors (Lipinski definition) is 3. The molecule has 1 saturated carbocycles. The van der Waals surface area contributed by atoms with Crippen LogP contribution < -0.4 is 4.74 Å². The van der Waals surface area contributed by atoms with Crippen LogP contribution in [0.5, 0.6) is 5.75 Å². The molecule has 1 N–H and O–H groups in total. The number of nitrogens with zero attached hydrogens (tertiary/aromatic N) is 1. The molecule has 1 heterocycles. The van der Waals surface area contributed by atoms with Gasteiger partial charge in [-0.25, -0.2) is 0 Å². The topological polar surface area (TPSA) is 32.7 Å². The van der Waals surface area contributed by atoms with E-state index >= 15 is 0 Å². The second-order valence-corrected chi connectivity index (χ2v) is 4.65. The zero-order chi connectivity index (χ0) is 11.0. The predicted octanol–water partition coefficient (Wildman–Crippen LogP) is 1.54. The van der Waals surface area contributed by atoms with Crippen LogP contribution in [0.2, 0.25) is 0 Å². The molecule has 0 spiro atoms. The van der Waals surface area contributed by atoms with E-state index in [1.165, 1.54) is 18.4 Å².